The maximum atomic E-state index is 12.0. The summed E-state index contributed by atoms with van der Waals surface area (Å²) in [4.78, 5) is 23.7. The summed E-state index contributed by atoms with van der Waals surface area (Å²) in [5.41, 5.74) is 3.53. The maximum Gasteiger partial charge on any atom is 0.259 e. The lowest BCUT2D eigenvalue weighted by Crippen LogP contribution is -2.34. The Morgan fingerprint density at radius 1 is 1.20 bits per heavy atom. The fraction of sp³-hybridized carbons (Fsp3) is 0.167. The minimum atomic E-state index is -0.433. The van der Waals surface area contributed by atoms with E-state index in [0.29, 0.717) is 22.9 Å². The van der Waals surface area contributed by atoms with Crippen molar-refractivity contribution in [2.45, 2.75) is 6.92 Å². The first-order valence-corrected chi connectivity index (χ1v) is 8.05. The third-order valence-electron chi connectivity index (χ3n) is 3.09. The summed E-state index contributed by atoms with van der Waals surface area (Å²) in [5, 5.41) is 6.92. The van der Waals surface area contributed by atoms with E-state index in [-0.39, 0.29) is 12.5 Å². The van der Waals surface area contributed by atoms with E-state index in [4.69, 9.17) is 16.3 Å². The summed E-state index contributed by atoms with van der Waals surface area (Å²) in [5.74, 6) is -0.0956. The zero-order valence-electron chi connectivity index (χ0n) is 13.7. The highest BCUT2D eigenvalue weighted by Crippen LogP contribution is 2.12. The minimum absolute atomic E-state index is 0.182. The van der Waals surface area contributed by atoms with Crippen LogP contribution in [0.15, 0.2) is 53.6 Å². The van der Waals surface area contributed by atoms with E-state index < -0.39 is 5.91 Å². The van der Waals surface area contributed by atoms with Crippen LogP contribution in [0.2, 0.25) is 5.02 Å². The third-order valence-corrected chi connectivity index (χ3v) is 3.32. The first-order chi connectivity index (χ1) is 12.1. The van der Waals surface area contributed by atoms with Gasteiger partial charge in [-0.15, -0.1) is 0 Å². The Morgan fingerprint density at radius 3 is 2.64 bits per heavy atom. The number of benzene rings is 2. The molecule has 0 aromatic heterocycles. The first kappa shape index (κ1) is 18.5. The quantitative estimate of drug-likeness (QED) is 0.589. The summed E-state index contributed by atoms with van der Waals surface area (Å²) < 4.78 is 5.31. The Kier molecular flexibility index (Phi) is 6.98. The molecule has 130 valence electrons. The molecule has 0 atom stereocenters. The molecule has 25 heavy (non-hydrogen) atoms. The van der Waals surface area contributed by atoms with Gasteiger partial charge in [-0.05, 0) is 48.9 Å². The molecule has 0 bridgehead atoms. The van der Waals surface area contributed by atoms with Crippen molar-refractivity contribution in [2.75, 3.05) is 13.2 Å². The van der Waals surface area contributed by atoms with Crippen molar-refractivity contribution in [2.24, 2.45) is 5.10 Å². The van der Waals surface area contributed by atoms with Gasteiger partial charge in [-0.25, -0.2) is 5.43 Å². The maximum absolute atomic E-state index is 12.0. The lowest BCUT2D eigenvalue weighted by atomic mass is 10.2. The van der Waals surface area contributed by atoms with Crippen LogP contribution in [0.3, 0.4) is 0 Å². The number of carbonyl (C=O) groups is 2. The van der Waals surface area contributed by atoms with Gasteiger partial charge >= 0.3 is 0 Å². The van der Waals surface area contributed by atoms with E-state index in [0.717, 1.165) is 5.56 Å². The van der Waals surface area contributed by atoms with Crippen LogP contribution in [-0.4, -0.2) is 31.2 Å². The molecule has 0 saturated heterocycles. The molecule has 0 fully saturated rings. The molecule has 7 heteroatoms. The van der Waals surface area contributed by atoms with Gasteiger partial charge in [0.05, 0.1) is 19.4 Å². The van der Waals surface area contributed by atoms with Gasteiger partial charge in [0, 0.05) is 10.6 Å². The highest BCUT2D eigenvalue weighted by molar-refractivity contribution is 6.30. The predicted octanol–water partition coefficient (Wildman–Crippen LogP) is 2.62. The Bertz CT molecular complexity index is 760. The standard InChI is InChI=1S/C18H18ClN3O3/c1-2-25-16-8-6-14(7-9-16)18(24)20-12-17(23)22-21-11-13-4-3-5-15(19)10-13/h3-11H,2,12H2,1H3,(H,20,24)(H,22,23)/b21-11+. The number of ether oxygens (including phenoxy) is 1. The van der Waals surface area contributed by atoms with Gasteiger partial charge < -0.3 is 10.1 Å². The lowest BCUT2D eigenvalue weighted by Gasteiger charge is -2.06. The van der Waals surface area contributed by atoms with Crippen LogP contribution in [0, 0.1) is 0 Å². The average molecular weight is 360 g/mol. The summed E-state index contributed by atoms with van der Waals surface area (Å²) in [6, 6.07) is 13.7. The van der Waals surface area contributed by atoms with Crippen LogP contribution in [0.1, 0.15) is 22.8 Å². The first-order valence-electron chi connectivity index (χ1n) is 7.67. The molecule has 0 heterocycles. The molecule has 0 aliphatic heterocycles. The van der Waals surface area contributed by atoms with Crippen molar-refractivity contribution in [3.05, 3.63) is 64.7 Å². The van der Waals surface area contributed by atoms with Gasteiger partial charge in [0.25, 0.3) is 11.8 Å². The molecule has 0 saturated carbocycles. The second-order valence-electron chi connectivity index (χ2n) is 4.99. The predicted molar refractivity (Wildman–Crippen MR) is 97.1 cm³/mol. The minimum Gasteiger partial charge on any atom is -0.494 e. The van der Waals surface area contributed by atoms with E-state index in [1.165, 1.54) is 6.21 Å². The van der Waals surface area contributed by atoms with Crippen molar-refractivity contribution >= 4 is 29.6 Å². The van der Waals surface area contributed by atoms with Crippen molar-refractivity contribution < 1.29 is 14.3 Å². The Morgan fingerprint density at radius 2 is 1.96 bits per heavy atom. The molecular formula is C18H18ClN3O3. The molecule has 2 aromatic rings. The molecule has 0 aliphatic rings. The number of nitrogens with one attached hydrogen (secondary N) is 2. The van der Waals surface area contributed by atoms with E-state index in [9.17, 15) is 9.59 Å². The molecule has 6 nitrogen and oxygen atoms in total. The van der Waals surface area contributed by atoms with Crippen LogP contribution >= 0.6 is 11.6 Å². The number of hydrogen-bond acceptors (Lipinski definition) is 4. The zero-order valence-corrected chi connectivity index (χ0v) is 14.4. The molecule has 2 rings (SSSR count). The fourth-order valence-corrected chi connectivity index (χ4v) is 2.14. The summed E-state index contributed by atoms with van der Waals surface area (Å²) in [7, 11) is 0. The van der Waals surface area contributed by atoms with E-state index in [1.54, 1.807) is 48.5 Å². The monoisotopic (exact) mass is 359 g/mol. The molecule has 2 amide bonds. The van der Waals surface area contributed by atoms with E-state index >= 15 is 0 Å². The number of rotatable bonds is 7. The average Bonchev–Trinajstić information content (AvgIpc) is 2.61. The Balaban J connectivity index is 1.78. The third kappa shape index (κ3) is 6.27. The molecular weight excluding hydrogens is 342 g/mol. The van der Waals surface area contributed by atoms with Gasteiger partial charge in [-0.1, -0.05) is 23.7 Å². The fourth-order valence-electron chi connectivity index (χ4n) is 1.94. The number of amides is 2. The smallest absolute Gasteiger partial charge is 0.259 e. The van der Waals surface area contributed by atoms with Crippen molar-refractivity contribution in [3.63, 3.8) is 0 Å². The van der Waals surface area contributed by atoms with Crippen LogP contribution in [0.5, 0.6) is 5.75 Å². The number of nitrogens with zero attached hydrogens (tertiary/aromatic N) is 1. The van der Waals surface area contributed by atoms with Gasteiger partial charge in [-0.3, -0.25) is 9.59 Å². The summed E-state index contributed by atoms with van der Waals surface area (Å²) >= 11 is 5.85. The van der Waals surface area contributed by atoms with Crippen LogP contribution in [0.25, 0.3) is 0 Å². The molecule has 0 aliphatic carbocycles. The number of carbonyl (C=O) groups excluding carboxylic acids is 2. The molecule has 2 N–H and O–H groups in total. The zero-order chi connectivity index (χ0) is 18.1. The molecule has 0 radical (unpaired) electrons. The SMILES string of the molecule is CCOc1ccc(C(=O)NCC(=O)N/N=C/c2cccc(Cl)c2)cc1. The van der Waals surface area contributed by atoms with Crippen molar-refractivity contribution in [3.8, 4) is 5.75 Å². The Labute approximate surface area is 150 Å². The lowest BCUT2D eigenvalue weighted by molar-refractivity contribution is -0.120. The highest BCUT2D eigenvalue weighted by Gasteiger charge is 2.07. The second-order valence-corrected chi connectivity index (χ2v) is 5.42. The number of halogens is 1. The molecule has 2 aromatic carbocycles. The highest BCUT2D eigenvalue weighted by atomic mass is 35.5. The molecule has 0 unspecified atom stereocenters. The second kappa shape index (κ2) is 9.44. The van der Waals surface area contributed by atoms with Crippen LogP contribution in [0.4, 0.5) is 0 Å². The van der Waals surface area contributed by atoms with Crippen LogP contribution in [-0.2, 0) is 4.79 Å². The number of hydrazone groups is 1. The number of hydrogen-bond donors (Lipinski definition) is 2. The van der Waals surface area contributed by atoms with Crippen LogP contribution < -0.4 is 15.5 Å². The normalized spacial score (nSPS) is 10.5. The summed E-state index contributed by atoms with van der Waals surface area (Å²) in [6.07, 6.45) is 1.47. The van der Waals surface area contributed by atoms with Crippen molar-refractivity contribution in [1.29, 1.82) is 0 Å². The van der Waals surface area contributed by atoms with Gasteiger partial charge in [0.2, 0.25) is 0 Å². The van der Waals surface area contributed by atoms with Gasteiger partial charge in [-0.2, -0.15) is 5.10 Å². The van der Waals surface area contributed by atoms with Crippen molar-refractivity contribution in [1.82, 2.24) is 10.7 Å². The molecule has 0 spiro atoms. The van der Waals surface area contributed by atoms with E-state index in [2.05, 4.69) is 15.8 Å². The van der Waals surface area contributed by atoms with E-state index in [1.807, 2.05) is 6.92 Å². The summed E-state index contributed by atoms with van der Waals surface area (Å²) in [6.45, 7) is 2.26. The Hall–Kier alpha value is -2.86. The van der Waals surface area contributed by atoms with Gasteiger partial charge in [0.1, 0.15) is 5.75 Å². The van der Waals surface area contributed by atoms with Gasteiger partial charge in [0.15, 0.2) is 0 Å². The largest absolute Gasteiger partial charge is 0.494 e. The topological polar surface area (TPSA) is 79.8 Å².